The zero-order valence-electron chi connectivity index (χ0n) is 7.05. The van der Waals surface area contributed by atoms with Crippen molar-refractivity contribution in [1.82, 2.24) is 4.98 Å². The lowest BCUT2D eigenvalue weighted by molar-refractivity contribution is 1.31. The van der Waals surface area contributed by atoms with Gasteiger partial charge in [0.05, 0.1) is 5.69 Å². The molecule has 1 aromatic carbocycles. The van der Waals surface area contributed by atoms with Crippen LogP contribution in [0.25, 0.3) is 11.3 Å². The summed E-state index contributed by atoms with van der Waals surface area (Å²) >= 11 is 11.1. The van der Waals surface area contributed by atoms with Crippen molar-refractivity contribution in [2.75, 3.05) is 0 Å². The maximum Gasteiger partial charge on any atom is 0.160 e. The summed E-state index contributed by atoms with van der Waals surface area (Å²) in [5.74, 6) is 0. The van der Waals surface area contributed by atoms with Crippen LogP contribution in [0.4, 0.5) is 0 Å². The van der Waals surface area contributed by atoms with E-state index in [0.29, 0.717) is 0 Å². The third kappa shape index (κ3) is 1.23. The number of thiazole rings is 1. The molecule has 1 aliphatic rings. The Bertz CT molecular complexity index is 521. The Morgan fingerprint density at radius 3 is 3.14 bits per heavy atom. The molecule has 0 bridgehead atoms. The number of nitrogens with zero attached hydrogens (tertiary/aromatic N) is 1. The first-order chi connectivity index (χ1) is 6.74. The number of hydrogen-bond donors (Lipinski definition) is 0. The van der Waals surface area contributed by atoms with Gasteiger partial charge in [-0.15, -0.1) is 11.3 Å². The fraction of sp³-hybridized carbons (Fsp3) is 0.100. The standard InChI is InChI=1S/C10H5BrClNS/c11-10-13-9-7-4-6(12)2-1-5(7)3-8(9)14-10/h1-2,4H,3H2. The van der Waals surface area contributed by atoms with E-state index >= 15 is 0 Å². The van der Waals surface area contributed by atoms with Gasteiger partial charge in [-0.2, -0.15) is 0 Å². The molecule has 0 spiro atoms. The molecule has 0 radical (unpaired) electrons. The van der Waals surface area contributed by atoms with Gasteiger partial charge in [-0.05, 0) is 33.6 Å². The molecular formula is C10H5BrClNS. The average Bonchev–Trinajstić information content (AvgIpc) is 2.62. The second-order valence-electron chi connectivity index (χ2n) is 3.22. The first-order valence-electron chi connectivity index (χ1n) is 4.18. The maximum atomic E-state index is 5.96. The molecule has 3 rings (SSSR count). The highest BCUT2D eigenvalue weighted by molar-refractivity contribution is 9.11. The van der Waals surface area contributed by atoms with Gasteiger partial charge in [-0.3, -0.25) is 0 Å². The van der Waals surface area contributed by atoms with E-state index in [1.54, 1.807) is 11.3 Å². The molecule has 4 heteroatoms. The van der Waals surface area contributed by atoms with Gasteiger partial charge < -0.3 is 0 Å². The lowest BCUT2D eigenvalue weighted by Gasteiger charge is -1.98. The van der Waals surface area contributed by atoms with Crippen LogP contribution in [0.5, 0.6) is 0 Å². The Balaban J connectivity index is 2.28. The zero-order chi connectivity index (χ0) is 9.71. The van der Waals surface area contributed by atoms with Crippen LogP contribution in [0.15, 0.2) is 22.1 Å². The fourth-order valence-electron chi connectivity index (χ4n) is 1.75. The van der Waals surface area contributed by atoms with Crippen LogP contribution >= 0.6 is 38.9 Å². The highest BCUT2D eigenvalue weighted by Gasteiger charge is 2.22. The van der Waals surface area contributed by atoms with Gasteiger partial charge in [-0.1, -0.05) is 17.7 Å². The van der Waals surface area contributed by atoms with E-state index in [1.165, 1.54) is 16.0 Å². The molecule has 1 heterocycles. The molecule has 0 amide bonds. The van der Waals surface area contributed by atoms with E-state index in [9.17, 15) is 0 Å². The summed E-state index contributed by atoms with van der Waals surface area (Å²) in [4.78, 5) is 5.78. The summed E-state index contributed by atoms with van der Waals surface area (Å²) in [6.07, 6.45) is 0.991. The molecule has 0 N–H and O–H groups in total. The van der Waals surface area contributed by atoms with Gasteiger partial charge in [0.2, 0.25) is 0 Å². The first-order valence-corrected chi connectivity index (χ1v) is 6.17. The average molecular weight is 287 g/mol. The molecule has 0 unspecified atom stereocenters. The third-order valence-electron chi connectivity index (χ3n) is 2.35. The second kappa shape index (κ2) is 3.05. The minimum absolute atomic E-state index is 0.778. The molecule has 1 aromatic heterocycles. The molecule has 1 aliphatic carbocycles. The molecule has 0 saturated carbocycles. The van der Waals surface area contributed by atoms with Crippen molar-refractivity contribution in [3.05, 3.63) is 37.6 Å². The zero-order valence-corrected chi connectivity index (χ0v) is 10.2. The van der Waals surface area contributed by atoms with Crippen LogP contribution < -0.4 is 0 Å². The number of hydrogen-bond acceptors (Lipinski definition) is 2. The van der Waals surface area contributed by atoms with Crippen molar-refractivity contribution in [3.8, 4) is 11.3 Å². The van der Waals surface area contributed by atoms with Gasteiger partial charge >= 0.3 is 0 Å². The topological polar surface area (TPSA) is 12.9 Å². The van der Waals surface area contributed by atoms with E-state index in [1.807, 2.05) is 12.1 Å². The predicted octanol–water partition coefficient (Wildman–Crippen LogP) is 4.13. The maximum absolute atomic E-state index is 5.96. The highest BCUT2D eigenvalue weighted by Crippen LogP contribution is 2.41. The van der Waals surface area contributed by atoms with Gasteiger partial charge in [0, 0.05) is 21.9 Å². The van der Waals surface area contributed by atoms with Crippen LogP contribution in [-0.4, -0.2) is 4.98 Å². The summed E-state index contributed by atoms with van der Waals surface area (Å²) in [5, 5.41) is 0.778. The number of benzene rings is 1. The molecule has 0 atom stereocenters. The second-order valence-corrected chi connectivity index (χ2v) is 6.01. The quantitative estimate of drug-likeness (QED) is 0.605. The van der Waals surface area contributed by atoms with Crippen molar-refractivity contribution >= 4 is 38.9 Å². The van der Waals surface area contributed by atoms with E-state index in [0.717, 1.165) is 21.1 Å². The van der Waals surface area contributed by atoms with Crippen molar-refractivity contribution in [2.45, 2.75) is 6.42 Å². The lowest BCUT2D eigenvalue weighted by atomic mass is 10.1. The van der Waals surface area contributed by atoms with Gasteiger partial charge in [0.15, 0.2) is 3.92 Å². The number of aromatic nitrogens is 1. The summed E-state index contributed by atoms with van der Waals surface area (Å²) in [5.41, 5.74) is 3.62. The van der Waals surface area contributed by atoms with E-state index in [2.05, 4.69) is 27.0 Å². The van der Waals surface area contributed by atoms with Crippen LogP contribution in [0.2, 0.25) is 5.02 Å². The minimum Gasteiger partial charge on any atom is -0.229 e. The molecule has 1 nitrogen and oxygen atoms in total. The fourth-order valence-corrected chi connectivity index (χ4v) is 3.51. The normalized spacial score (nSPS) is 12.7. The molecule has 2 aromatic rings. The van der Waals surface area contributed by atoms with Crippen LogP contribution in [-0.2, 0) is 6.42 Å². The van der Waals surface area contributed by atoms with Gasteiger partial charge in [-0.25, -0.2) is 4.98 Å². The summed E-state index contributed by atoms with van der Waals surface area (Å²) in [7, 11) is 0. The van der Waals surface area contributed by atoms with E-state index in [-0.39, 0.29) is 0 Å². The number of halogens is 2. The Morgan fingerprint density at radius 2 is 2.29 bits per heavy atom. The Labute approximate surface area is 98.9 Å². The van der Waals surface area contributed by atoms with Crippen LogP contribution in [0.3, 0.4) is 0 Å². The van der Waals surface area contributed by atoms with Crippen molar-refractivity contribution < 1.29 is 0 Å². The Hall–Kier alpha value is -0.380. The van der Waals surface area contributed by atoms with Gasteiger partial charge in [0.1, 0.15) is 0 Å². The van der Waals surface area contributed by atoms with Crippen molar-refractivity contribution in [2.24, 2.45) is 0 Å². The van der Waals surface area contributed by atoms with Crippen LogP contribution in [0.1, 0.15) is 10.4 Å². The molecule has 0 saturated heterocycles. The predicted molar refractivity (Wildman–Crippen MR) is 63.1 cm³/mol. The van der Waals surface area contributed by atoms with Crippen molar-refractivity contribution in [1.29, 1.82) is 0 Å². The Morgan fingerprint density at radius 1 is 1.43 bits per heavy atom. The SMILES string of the molecule is Clc1ccc2c(c1)-c1nc(Br)sc1C2. The van der Waals surface area contributed by atoms with Crippen LogP contribution in [0, 0.1) is 0 Å². The summed E-state index contributed by atoms with van der Waals surface area (Å²) < 4.78 is 0.952. The molecule has 0 aliphatic heterocycles. The summed E-state index contributed by atoms with van der Waals surface area (Å²) in [6.45, 7) is 0. The van der Waals surface area contributed by atoms with Gasteiger partial charge in [0.25, 0.3) is 0 Å². The molecular weight excluding hydrogens is 282 g/mol. The van der Waals surface area contributed by atoms with E-state index in [4.69, 9.17) is 11.6 Å². The molecule has 0 fully saturated rings. The Kier molecular flexibility index (Phi) is 1.94. The molecule has 70 valence electrons. The van der Waals surface area contributed by atoms with E-state index < -0.39 is 0 Å². The van der Waals surface area contributed by atoms with Crippen molar-refractivity contribution in [3.63, 3.8) is 0 Å². The highest BCUT2D eigenvalue weighted by atomic mass is 79.9. The summed E-state index contributed by atoms with van der Waals surface area (Å²) in [6, 6.07) is 6.01. The first kappa shape index (κ1) is 8.89. The number of rotatable bonds is 0. The monoisotopic (exact) mass is 285 g/mol. The smallest absolute Gasteiger partial charge is 0.160 e. The third-order valence-corrected chi connectivity index (χ3v) is 4.09. The minimum atomic E-state index is 0.778. The molecule has 14 heavy (non-hydrogen) atoms. The lowest BCUT2D eigenvalue weighted by Crippen LogP contribution is -1.79. The largest absolute Gasteiger partial charge is 0.229 e. The number of fused-ring (bicyclic) bond motifs is 3.